The molecule has 0 aliphatic carbocycles. The van der Waals surface area contributed by atoms with Crippen LogP contribution in [0.3, 0.4) is 0 Å². The summed E-state index contributed by atoms with van der Waals surface area (Å²) in [5, 5.41) is 2.60. The molecule has 3 rings (SSSR count). The Bertz CT molecular complexity index is 838. The molecule has 1 aromatic heterocycles. The minimum Gasteiger partial charge on any atom is -0.348 e. The summed E-state index contributed by atoms with van der Waals surface area (Å²) < 4.78 is 39.4. The Hall–Kier alpha value is -2.41. The fraction of sp³-hybridized carbons (Fsp3) is 0.455. The minimum atomic E-state index is -4.45. The molecule has 0 radical (unpaired) electrons. The Kier molecular flexibility index (Phi) is 6.90. The van der Waals surface area contributed by atoms with Crippen LogP contribution in [-0.4, -0.2) is 28.9 Å². The van der Waals surface area contributed by atoms with Crippen molar-refractivity contribution in [1.29, 1.82) is 0 Å². The van der Waals surface area contributed by atoms with E-state index in [0.29, 0.717) is 5.56 Å². The van der Waals surface area contributed by atoms with E-state index in [1.807, 2.05) is 6.07 Å². The molecule has 0 saturated carbocycles. The minimum absolute atomic E-state index is 0.0407. The quantitative estimate of drug-likeness (QED) is 0.708. The van der Waals surface area contributed by atoms with Crippen LogP contribution in [0.15, 0.2) is 42.7 Å². The van der Waals surface area contributed by atoms with Crippen molar-refractivity contribution in [2.24, 2.45) is 0 Å². The maximum absolute atomic E-state index is 13.1. The van der Waals surface area contributed by atoms with Crippen molar-refractivity contribution in [3.8, 4) is 0 Å². The van der Waals surface area contributed by atoms with Gasteiger partial charge in [-0.15, -0.1) is 0 Å². The van der Waals surface area contributed by atoms with Gasteiger partial charge in [-0.1, -0.05) is 31.5 Å². The van der Waals surface area contributed by atoms with Gasteiger partial charge in [0.25, 0.3) is 5.91 Å². The van der Waals surface area contributed by atoms with Crippen LogP contribution in [0.25, 0.3) is 0 Å². The number of nitrogens with one attached hydrogen (secondary N) is 1. The van der Waals surface area contributed by atoms with Gasteiger partial charge in [0, 0.05) is 25.0 Å². The van der Waals surface area contributed by atoms with Crippen molar-refractivity contribution in [1.82, 2.24) is 15.2 Å². The third-order valence-electron chi connectivity index (χ3n) is 5.33. The number of aromatic nitrogens is 1. The highest BCUT2D eigenvalue weighted by molar-refractivity contribution is 5.94. The average Bonchev–Trinajstić information content (AvgIpc) is 3.18. The first kappa shape index (κ1) is 21.3. The van der Waals surface area contributed by atoms with Crippen LogP contribution in [0.2, 0.25) is 0 Å². The Morgan fingerprint density at radius 2 is 2.07 bits per heavy atom. The highest BCUT2D eigenvalue weighted by atomic mass is 19.4. The van der Waals surface area contributed by atoms with E-state index in [2.05, 4.69) is 22.1 Å². The smallest absolute Gasteiger partial charge is 0.348 e. The summed E-state index contributed by atoms with van der Waals surface area (Å²) in [5.41, 5.74) is 0.667. The lowest BCUT2D eigenvalue weighted by Crippen LogP contribution is -2.26. The number of amides is 1. The molecule has 1 N–H and O–H groups in total. The SMILES string of the molecule is CCCCN1CCCC1c1cncc(C(=O)NCc2ccccc2C(F)(F)F)c1. The lowest BCUT2D eigenvalue weighted by Gasteiger charge is -2.24. The van der Waals surface area contributed by atoms with Gasteiger partial charge in [0.15, 0.2) is 0 Å². The van der Waals surface area contributed by atoms with E-state index in [1.165, 1.54) is 24.4 Å². The molecule has 2 aromatic rings. The molecule has 4 nitrogen and oxygen atoms in total. The first-order valence-electron chi connectivity index (χ1n) is 10.0. The van der Waals surface area contributed by atoms with Crippen LogP contribution in [-0.2, 0) is 12.7 Å². The van der Waals surface area contributed by atoms with Gasteiger partial charge < -0.3 is 5.32 Å². The van der Waals surface area contributed by atoms with Gasteiger partial charge in [-0.25, -0.2) is 0 Å². The Morgan fingerprint density at radius 3 is 2.83 bits per heavy atom. The maximum Gasteiger partial charge on any atom is 0.416 e. The van der Waals surface area contributed by atoms with Crippen molar-refractivity contribution in [3.05, 3.63) is 65.0 Å². The van der Waals surface area contributed by atoms with Gasteiger partial charge in [-0.2, -0.15) is 13.2 Å². The van der Waals surface area contributed by atoms with Crippen molar-refractivity contribution in [2.45, 2.75) is 51.4 Å². The highest BCUT2D eigenvalue weighted by Gasteiger charge is 2.33. The van der Waals surface area contributed by atoms with E-state index in [1.54, 1.807) is 6.20 Å². The maximum atomic E-state index is 13.1. The molecular weight excluding hydrogens is 379 g/mol. The van der Waals surface area contributed by atoms with E-state index >= 15 is 0 Å². The monoisotopic (exact) mass is 405 g/mol. The van der Waals surface area contributed by atoms with Gasteiger partial charge in [-0.05, 0) is 55.6 Å². The topological polar surface area (TPSA) is 45.2 Å². The number of nitrogens with zero attached hydrogens (tertiary/aromatic N) is 2. The largest absolute Gasteiger partial charge is 0.416 e. The lowest BCUT2D eigenvalue weighted by molar-refractivity contribution is -0.138. The van der Waals surface area contributed by atoms with Gasteiger partial charge in [0.2, 0.25) is 0 Å². The second-order valence-electron chi connectivity index (χ2n) is 7.39. The Morgan fingerprint density at radius 1 is 1.28 bits per heavy atom. The average molecular weight is 405 g/mol. The van der Waals surface area contributed by atoms with Gasteiger partial charge in [-0.3, -0.25) is 14.7 Å². The van der Waals surface area contributed by atoms with Crippen molar-refractivity contribution in [2.75, 3.05) is 13.1 Å². The molecular formula is C22H26F3N3O. The molecule has 1 aromatic carbocycles. The zero-order chi connectivity index (χ0) is 20.9. The third-order valence-corrected chi connectivity index (χ3v) is 5.33. The molecule has 1 fully saturated rings. The predicted octanol–water partition coefficient (Wildman–Crippen LogP) is 4.97. The molecule has 7 heteroatoms. The highest BCUT2D eigenvalue weighted by Crippen LogP contribution is 2.33. The van der Waals surface area contributed by atoms with Crippen LogP contribution in [0.4, 0.5) is 13.2 Å². The number of alkyl halides is 3. The number of carbonyl (C=O) groups is 1. The zero-order valence-corrected chi connectivity index (χ0v) is 16.5. The molecule has 1 amide bonds. The van der Waals surface area contributed by atoms with Crippen LogP contribution >= 0.6 is 0 Å². The number of halogens is 3. The number of likely N-dealkylation sites (tertiary alicyclic amines) is 1. The molecule has 156 valence electrons. The number of pyridine rings is 1. The van der Waals surface area contributed by atoms with Crippen LogP contribution < -0.4 is 5.32 Å². The number of carbonyl (C=O) groups excluding carboxylic acids is 1. The first-order valence-corrected chi connectivity index (χ1v) is 10.0. The molecule has 1 saturated heterocycles. The Balaban J connectivity index is 1.69. The summed E-state index contributed by atoms with van der Waals surface area (Å²) in [6.07, 6.45) is 3.18. The second kappa shape index (κ2) is 9.39. The molecule has 1 aliphatic heterocycles. The number of rotatable bonds is 7. The Labute approximate surface area is 169 Å². The fourth-order valence-electron chi connectivity index (χ4n) is 3.83. The molecule has 2 heterocycles. The van der Waals surface area contributed by atoms with E-state index in [-0.39, 0.29) is 18.2 Å². The standard InChI is InChI=1S/C22H26F3N3O/c1-2-3-10-28-11-6-9-20(28)17-12-18(14-26-13-17)21(29)27-15-16-7-4-5-8-19(16)22(23,24)25/h4-5,7-8,12-14,20H,2-3,6,9-11,15H2,1H3,(H,27,29). The molecule has 29 heavy (non-hydrogen) atoms. The van der Waals surface area contributed by atoms with Crippen LogP contribution in [0.5, 0.6) is 0 Å². The fourth-order valence-corrected chi connectivity index (χ4v) is 3.83. The molecule has 0 spiro atoms. The zero-order valence-electron chi connectivity index (χ0n) is 16.5. The normalized spacial score (nSPS) is 17.4. The summed E-state index contributed by atoms with van der Waals surface area (Å²) in [6.45, 7) is 4.03. The third kappa shape index (κ3) is 5.35. The van der Waals surface area contributed by atoms with Crippen LogP contribution in [0.1, 0.15) is 65.7 Å². The summed E-state index contributed by atoms with van der Waals surface area (Å²) >= 11 is 0. The molecule has 0 bridgehead atoms. The second-order valence-corrected chi connectivity index (χ2v) is 7.39. The van der Waals surface area contributed by atoms with Gasteiger partial charge >= 0.3 is 6.18 Å². The van der Waals surface area contributed by atoms with Gasteiger partial charge in [0.05, 0.1) is 11.1 Å². The van der Waals surface area contributed by atoms with E-state index in [4.69, 9.17) is 0 Å². The number of hydrogen-bond donors (Lipinski definition) is 1. The van der Waals surface area contributed by atoms with E-state index in [9.17, 15) is 18.0 Å². The van der Waals surface area contributed by atoms with Crippen molar-refractivity contribution in [3.63, 3.8) is 0 Å². The summed E-state index contributed by atoms with van der Waals surface area (Å²) in [7, 11) is 0. The van der Waals surface area contributed by atoms with E-state index < -0.39 is 17.6 Å². The summed E-state index contributed by atoms with van der Waals surface area (Å²) in [5.74, 6) is -0.422. The summed E-state index contributed by atoms with van der Waals surface area (Å²) in [6, 6.07) is 7.33. The predicted molar refractivity (Wildman–Crippen MR) is 105 cm³/mol. The van der Waals surface area contributed by atoms with Crippen LogP contribution in [0, 0.1) is 0 Å². The van der Waals surface area contributed by atoms with Gasteiger partial charge in [0.1, 0.15) is 0 Å². The molecule has 1 aliphatic rings. The molecule has 1 atom stereocenters. The van der Waals surface area contributed by atoms with Crippen molar-refractivity contribution >= 4 is 5.91 Å². The van der Waals surface area contributed by atoms with Crippen molar-refractivity contribution < 1.29 is 18.0 Å². The lowest BCUT2D eigenvalue weighted by atomic mass is 10.0. The van der Waals surface area contributed by atoms with E-state index in [0.717, 1.165) is 50.4 Å². The first-order chi connectivity index (χ1) is 13.9. The number of benzene rings is 1. The number of hydrogen-bond acceptors (Lipinski definition) is 3. The number of unbranched alkanes of at least 4 members (excludes halogenated alkanes) is 1. The molecule has 1 unspecified atom stereocenters. The summed E-state index contributed by atoms with van der Waals surface area (Å²) in [4.78, 5) is 19.2.